The predicted octanol–water partition coefficient (Wildman–Crippen LogP) is 4.14. The number of fused-ring (bicyclic) bond motifs is 1. The van der Waals surface area contributed by atoms with E-state index in [-0.39, 0.29) is 17.7 Å². The minimum absolute atomic E-state index is 0.0256. The largest absolute Gasteiger partial charge is 0.497 e. The molecule has 4 rings (SSSR count). The van der Waals surface area contributed by atoms with Crippen LogP contribution in [0.4, 0.5) is 5.69 Å². The highest BCUT2D eigenvalue weighted by Crippen LogP contribution is 2.35. The van der Waals surface area contributed by atoms with Gasteiger partial charge in [-0.25, -0.2) is 0 Å². The van der Waals surface area contributed by atoms with Gasteiger partial charge in [0.15, 0.2) is 0 Å². The van der Waals surface area contributed by atoms with E-state index in [1.807, 2.05) is 11.0 Å². The Kier molecular flexibility index (Phi) is 6.27. The first-order valence-corrected chi connectivity index (χ1v) is 11.3. The van der Waals surface area contributed by atoms with E-state index < -0.39 is 0 Å². The summed E-state index contributed by atoms with van der Waals surface area (Å²) < 4.78 is 10.6. The van der Waals surface area contributed by atoms with Gasteiger partial charge in [0, 0.05) is 30.0 Å². The van der Waals surface area contributed by atoms with Crippen LogP contribution in [0.1, 0.15) is 45.8 Å². The fourth-order valence-electron chi connectivity index (χ4n) is 4.25. The molecule has 1 N–H and O–H groups in total. The smallest absolute Gasteiger partial charge is 0.263 e. The molecule has 0 bridgehead atoms. The predicted molar refractivity (Wildman–Crippen MR) is 118 cm³/mol. The Bertz CT molecular complexity index is 933. The molecule has 2 amide bonds. The molecule has 2 aliphatic rings. The lowest BCUT2D eigenvalue weighted by Crippen LogP contribution is -2.35. The molecule has 1 unspecified atom stereocenters. The minimum atomic E-state index is -0.124. The number of rotatable bonds is 5. The monoisotopic (exact) mass is 428 g/mol. The van der Waals surface area contributed by atoms with Crippen molar-refractivity contribution < 1.29 is 19.1 Å². The Morgan fingerprint density at radius 3 is 2.63 bits per heavy atom. The molecule has 1 aliphatic heterocycles. The molecule has 0 spiro atoms. The molecule has 0 saturated carbocycles. The number of piperidine rings is 1. The summed E-state index contributed by atoms with van der Waals surface area (Å²) in [5.41, 5.74) is 1.75. The lowest BCUT2D eigenvalue weighted by Gasteiger charge is -2.26. The van der Waals surface area contributed by atoms with E-state index >= 15 is 0 Å². The number of nitrogens with zero attached hydrogens (tertiary/aromatic N) is 1. The van der Waals surface area contributed by atoms with Crippen molar-refractivity contribution in [1.82, 2.24) is 4.90 Å². The molecular formula is C23H28N2O4S. The fraction of sp³-hybridized carbons (Fsp3) is 0.478. The molecule has 160 valence electrons. The third-order valence-corrected chi connectivity index (χ3v) is 7.20. The van der Waals surface area contributed by atoms with Gasteiger partial charge in [-0.05, 0) is 62.3 Å². The number of carbonyl (C=O) groups is 2. The van der Waals surface area contributed by atoms with E-state index in [0.717, 1.165) is 49.2 Å². The van der Waals surface area contributed by atoms with Crippen molar-refractivity contribution in [2.75, 3.05) is 32.6 Å². The standard InChI is InChI=1S/C23H28N2O4S/c1-28-17-7-8-19(29-2)18(14-17)24-22(26)15-6-9-20-16(12-15)13-21(30-20)23(27)25-10-4-3-5-11-25/h7-8,13-15H,3-6,9-12H2,1-2H3,(H,24,26). The molecule has 1 atom stereocenters. The maximum atomic E-state index is 13.0. The van der Waals surface area contributed by atoms with E-state index in [4.69, 9.17) is 9.47 Å². The first kappa shape index (κ1) is 20.7. The summed E-state index contributed by atoms with van der Waals surface area (Å²) in [5.74, 6) is 1.26. The summed E-state index contributed by atoms with van der Waals surface area (Å²) >= 11 is 1.61. The average Bonchev–Trinajstić information content (AvgIpc) is 3.22. The first-order valence-electron chi connectivity index (χ1n) is 10.5. The third kappa shape index (κ3) is 4.31. The Labute approximate surface area is 181 Å². The summed E-state index contributed by atoms with van der Waals surface area (Å²) in [4.78, 5) is 29.8. The molecule has 1 fully saturated rings. The number of ether oxygens (including phenoxy) is 2. The van der Waals surface area contributed by atoms with Gasteiger partial charge in [0.25, 0.3) is 5.91 Å². The number of carbonyl (C=O) groups excluding carboxylic acids is 2. The number of methoxy groups -OCH3 is 2. The first-order chi connectivity index (χ1) is 14.6. The number of amides is 2. The molecule has 1 aromatic heterocycles. The zero-order valence-electron chi connectivity index (χ0n) is 17.5. The van der Waals surface area contributed by atoms with Crippen LogP contribution in [0.15, 0.2) is 24.3 Å². The van der Waals surface area contributed by atoms with Crippen molar-refractivity contribution in [3.63, 3.8) is 0 Å². The molecule has 1 saturated heterocycles. The van der Waals surface area contributed by atoms with Crippen LogP contribution in [0, 0.1) is 5.92 Å². The number of nitrogens with one attached hydrogen (secondary N) is 1. The molecule has 7 heteroatoms. The van der Waals surface area contributed by atoms with Gasteiger partial charge < -0.3 is 19.7 Å². The minimum Gasteiger partial charge on any atom is -0.497 e. The number of hydrogen-bond donors (Lipinski definition) is 1. The summed E-state index contributed by atoms with van der Waals surface area (Å²) in [7, 11) is 3.17. The second kappa shape index (κ2) is 9.08. The highest BCUT2D eigenvalue weighted by Gasteiger charge is 2.29. The zero-order valence-corrected chi connectivity index (χ0v) is 18.3. The number of benzene rings is 1. The molecule has 1 aliphatic carbocycles. The van der Waals surface area contributed by atoms with Crippen molar-refractivity contribution in [3.05, 3.63) is 39.6 Å². The van der Waals surface area contributed by atoms with Gasteiger partial charge in [-0.3, -0.25) is 9.59 Å². The SMILES string of the molecule is COc1ccc(OC)c(NC(=O)C2CCc3sc(C(=O)N4CCCCC4)cc3C2)c1. The quantitative estimate of drug-likeness (QED) is 0.777. The van der Waals surface area contributed by atoms with Crippen molar-refractivity contribution >= 4 is 28.8 Å². The maximum absolute atomic E-state index is 13.0. The Morgan fingerprint density at radius 2 is 1.90 bits per heavy atom. The summed E-state index contributed by atoms with van der Waals surface area (Å²) in [5, 5.41) is 3.00. The summed E-state index contributed by atoms with van der Waals surface area (Å²) in [6, 6.07) is 7.37. The van der Waals surface area contributed by atoms with Gasteiger partial charge in [-0.1, -0.05) is 0 Å². The topological polar surface area (TPSA) is 67.9 Å². The van der Waals surface area contributed by atoms with Crippen LogP contribution < -0.4 is 14.8 Å². The van der Waals surface area contributed by atoms with Gasteiger partial charge in [0.2, 0.25) is 5.91 Å². The van der Waals surface area contributed by atoms with Crippen LogP contribution in [-0.2, 0) is 17.6 Å². The lowest BCUT2D eigenvalue weighted by molar-refractivity contribution is -0.120. The summed E-state index contributed by atoms with van der Waals surface area (Å²) in [6.07, 6.45) is 5.67. The number of likely N-dealkylation sites (tertiary alicyclic amines) is 1. The number of hydrogen-bond acceptors (Lipinski definition) is 5. The number of thiophene rings is 1. The fourth-order valence-corrected chi connectivity index (χ4v) is 5.43. The second-order valence-electron chi connectivity index (χ2n) is 7.91. The maximum Gasteiger partial charge on any atom is 0.263 e. The Morgan fingerprint density at radius 1 is 1.10 bits per heavy atom. The number of anilines is 1. The van der Waals surface area contributed by atoms with Crippen LogP contribution in [0.2, 0.25) is 0 Å². The average molecular weight is 429 g/mol. The van der Waals surface area contributed by atoms with Crippen LogP contribution in [0.5, 0.6) is 11.5 Å². The van der Waals surface area contributed by atoms with E-state index in [9.17, 15) is 9.59 Å². The van der Waals surface area contributed by atoms with E-state index in [1.165, 1.54) is 11.3 Å². The Balaban J connectivity index is 1.45. The van der Waals surface area contributed by atoms with Crippen LogP contribution in [0.3, 0.4) is 0 Å². The third-order valence-electron chi connectivity index (χ3n) is 5.97. The van der Waals surface area contributed by atoms with Crippen molar-refractivity contribution in [2.24, 2.45) is 5.92 Å². The molecule has 2 aromatic rings. The highest BCUT2D eigenvalue weighted by molar-refractivity contribution is 7.14. The molecule has 30 heavy (non-hydrogen) atoms. The molecule has 2 heterocycles. The van der Waals surface area contributed by atoms with Crippen molar-refractivity contribution in [1.29, 1.82) is 0 Å². The van der Waals surface area contributed by atoms with Crippen molar-refractivity contribution in [2.45, 2.75) is 38.5 Å². The van der Waals surface area contributed by atoms with Crippen LogP contribution in [0.25, 0.3) is 0 Å². The number of aryl methyl sites for hydroxylation is 1. The van der Waals surface area contributed by atoms with Crippen LogP contribution in [-0.4, -0.2) is 44.0 Å². The summed E-state index contributed by atoms with van der Waals surface area (Å²) in [6.45, 7) is 1.71. The zero-order chi connectivity index (χ0) is 21.1. The van der Waals surface area contributed by atoms with E-state index in [2.05, 4.69) is 5.32 Å². The van der Waals surface area contributed by atoms with Gasteiger partial charge in [0.05, 0.1) is 24.8 Å². The van der Waals surface area contributed by atoms with E-state index in [0.29, 0.717) is 23.6 Å². The van der Waals surface area contributed by atoms with E-state index in [1.54, 1.807) is 43.8 Å². The van der Waals surface area contributed by atoms with Gasteiger partial charge >= 0.3 is 0 Å². The van der Waals surface area contributed by atoms with Gasteiger partial charge in [-0.2, -0.15) is 0 Å². The van der Waals surface area contributed by atoms with Gasteiger partial charge in [0.1, 0.15) is 11.5 Å². The normalized spacial score (nSPS) is 18.5. The molecule has 0 radical (unpaired) electrons. The molecular weight excluding hydrogens is 400 g/mol. The van der Waals surface area contributed by atoms with Crippen molar-refractivity contribution in [3.8, 4) is 11.5 Å². The van der Waals surface area contributed by atoms with Crippen LogP contribution >= 0.6 is 11.3 Å². The Hall–Kier alpha value is -2.54. The van der Waals surface area contributed by atoms with Gasteiger partial charge in [-0.15, -0.1) is 11.3 Å². The highest BCUT2D eigenvalue weighted by atomic mass is 32.1. The second-order valence-corrected chi connectivity index (χ2v) is 9.04. The lowest BCUT2D eigenvalue weighted by atomic mass is 9.87. The molecule has 6 nitrogen and oxygen atoms in total. The molecule has 1 aromatic carbocycles.